The van der Waals surface area contributed by atoms with Crippen LogP contribution in [-0.4, -0.2) is 15.0 Å². The van der Waals surface area contributed by atoms with Gasteiger partial charge in [0, 0.05) is 0 Å². The Hall–Kier alpha value is -1.84. The Morgan fingerprint density at radius 3 is 3.33 bits per heavy atom. The normalized spacial score (nSPS) is 13.3. The molecule has 0 saturated heterocycles. The summed E-state index contributed by atoms with van der Waals surface area (Å²) in [6.07, 6.45) is 3.33. The zero-order chi connectivity index (χ0) is 7.97. The first-order valence-corrected chi connectivity index (χ1v) is 3.62. The van der Waals surface area contributed by atoms with E-state index in [1.165, 1.54) is 0 Å². The molecule has 0 fully saturated rings. The molecule has 0 bridgehead atoms. The highest BCUT2D eigenvalue weighted by atomic mass is 16.5. The molecular formula is C8H5N3O. The summed E-state index contributed by atoms with van der Waals surface area (Å²) in [5.74, 6) is 0.806. The van der Waals surface area contributed by atoms with E-state index in [1.54, 1.807) is 17.1 Å². The molecule has 0 aliphatic carbocycles. The fraction of sp³-hybridized carbons (Fsp3) is 0. The smallest absolute Gasteiger partial charge is 0.154 e. The predicted octanol–water partition coefficient (Wildman–Crippen LogP) is 1.25. The second kappa shape index (κ2) is 1.85. The quantitative estimate of drug-likeness (QED) is 0.580. The van der Waals surface area contributed by atoms with Gasteiger partial charge in [-0.2, -0.15) is 0 Å². The first-order chi connectivity index (χ1) is 5.95. The highest BCUT2D eigenvalue weighted by Gasteiger charge is 2.10. The molecule has 58 valence electrons. The highest BCUT2D eigenvalue weighted by Crippen LogP contribution is 2.26. The van der Waals surface area contributed by atoms with Gasteiger partial charge in [-0.05, 0) is 12.1 Å². The van der Waals surface area contributed by atoms with E-state index in [2.05, 4.69) is 10.3 Å². The second-order valence-corrected chi connectivity index (χ2v) is 2.56. The zero-order valence-electron chi connectivity index (χ0n) is 6.14. The average Bonchev–Trinajstić information content (AvgIpc) is 2.52. The van der Waals surface area contributed by atoms with Gasteiger partial charge < -0.3 is 4.74 Å². The van der Waals surface area contributed by atoms with Crippen molar-refractivity contribution in [1.29, 1.82) is 0 Å². The van der Waals surface area contributed by atoms with Crippen LogP contribution in [0, 0.1) is 0 Å². The Morgan fingerprint density at radius 1 is 1.33 bits per heavy atom. The minimum absolute atomic E-state index is 0.806. The molecule has 1 aliphatic heterocycles. The fourth-order valence-corrected chi connectivity index (χ4v) is 1.32. The first kappa shape index (κ1) is 5.77. The molecule has 0 spiro atoms. The Bertz CT molecular complexity index is 472. The Kier molecular flexibility index (Phi) is 0.889. The van der Waals surface area contributed by atoms with E-state index in [9.17, 15) is 0 Å². The molecule has 1 aromatic heterocycles. The van der Waals surface area contributed by atoms with Crippen molar-refractivity contribution in [3.05, 3.63) is 24.5 Å². The van der Waals surface area contributed by atoms with Gasteiger partial charge in [0.25, 0.3) is 0 Å². The van der Waals surface area contributed by atoms with Gasteiger partial charge in [-0.1, -0.05) is 11.3 Å². The number of rotatable bonds is 0. The topological polar surface area (TPSA) is 39.9 Å². The van der Waals surface area contributed by atoms with E-state index < -0.39 is 0 Å². The van der Waals surface area contributed by atoms with Crippen LogP contribution in [-0.2, 0) is 0 Å². The summed E-state index contributed by atoms with van der Waals surface area (Å²) >= 11 is 0. The zero-order valence-corrected chi connectivity index (χ0v) is 6.14. The lowest BCUT2D eigenvalue weighted by atomic mass is 10.3. The summed E-state index contributed by atoms with van der Waals surface area (Å²) in [5, 5.41) is 7.90. The van der Waals surface area contributed by atoms with Gasteiger partial charge in [-0.15, -0.1) is 5.10 Å². The molecule has 0 radical (unpaired) electrons. The van der Waals surface area contributed by atoms with Crippen LogP contribution in [0.3, 0.4) is 0 Å². The van der Waals surface area contributed by atoms with Crippen molar-refractivity contribution in [3.63, 3.8) is 0 Å². The monoisotopic (exact) mass is 159 g/mol. The largest absolute Gasteiger partial charge is 0.461 e. The lowest BCUT2D eigenvalue weighted by Crippen LogP contribution is -1.97. The Morgan fingerprint density at radius 2 is 2.33 bits per heavy atom. The maximum Gasteiger partial charge on any atom is 0.154 e. The Balaban J connectivity index is 2.57. The minimum atomic E-state index is 0.806. The molecule has 0 N–H and O–H groups in total. The van der Waals surface area contributed by atoms with Crippen molar-refractivity contribution in [2.45, 2.75) is 0 Å². The van der Waals surface area contributed by atoms with Crippen LogP contribution in [0.5, 0.6) is 5.75 Å². The molecule has 1 aromatic carbocycles. The van der Waals surface area contributed by atoms with Crippen molar-refractivity contribution in [1.82, 2.24) is 15.0 Å². The summed E-state index contributed by atoms with van der Waals surface area (Å²) in [6.45, 7) is 0. The molecule has 1 aliphatic rings. The molecule has 0 saturated carbocycles. The van der Waals surface area contributed by atoms with E-state index in [0.29, 0.717) is 0 Å². The number of benzene rings is 1. The van der Waals surface area contributed by atoms with E-state index in [0.717, 1.165) is 16.8 Å². The first-order valence-electron chi connectivity index (χ1n) is 3.62. The summed E-state index contributed by atoms with van der Waals surface area (Å²) < 4.78 is 6.98. The molecule has 0 amide bonds. The number of aromatic nitrogens is 3. The lowest BCUT2D eigenvalue weighted by Gasteiger charge is -2.06. The molecule has 3 rings (SSSR count). The van der Waals surface area contributed by atoms with Gasteiger partial charge in [-0.3, -0.25) is 0 Å². The van der Waals surface area contributed by atoms with Crippen molar-refractivity contribution in [3.8, 4) is 5.75 Å². The second-order valence-electron chi connectivity index (χ2n) is 2.56. The van der Waals surface area contributed by atoms with Crippen LogP contribution in [0.4, 0.5) is 0 Å². The van der Waals surface area contributed by atoms with Crippen molar-refractivity contribution in [2.75, 3.05) is 0 Å². The van der Waals surface area contributed by atoms with Gasteiger partial charge >= 0.3 is 0 Å². The van der Waals surface area contributed by atoms with Crippen molar-refractivity contribution >= 4 is 17.2 Å². The van der Waals surface area contributed by atoms with Crippen molar-refractivity contribution in [2.24, 2.45) is 0 Å². The van der Waals surface area contributed by atoms with E-state index in [-0.39, 0.29) is 0 Å². The van der Waals surface area contributed by atoms with E-state index >= 15 is 0 Å². The van der Waals surface area contributed by atoms with Crippen LogP contribution in [0.25, 0.3) is 17.2 Å². The molecule has 4 heteroatoms. The maximum absolute atomic E-state index is 5.27. The summed E-state index contributed by atoms with van der Waals surface area (Å²) in [6, 6.07) is 5.70. The minimum Gasteiger partial charge on any atom is -0.461 e. The van der Waals surface area contributed by atoms with Crippen LogP contribution >= 0.6 is 0 Å². The lowest BCUT2D eigenvalue weighted by molar-refractivity contribution is 0.479. The van der Waals surface area contributed by atoms with Crippen LogP contribution < -0.4 is 4.74 Å². The fourth-order valence-electron chi connectivity index (χ4n) is 1.32. The molecular weight excluding hydrogens is 154 g/mol. The highest BCUT2D eigenvalue weighted by molar-refractivity contribution is 5.83. The molecule has 0 unspecified atom stereocenters. The van der Waals surface area contributed by atoms with Crippen LogP contribution in [0.2, 0.25) is 0 Å². The maximum atomic E-state index is 5.27. The van der Waals surface area contributed by atoms with E-state index in [4.69, 9.17) is 4.74 Å². The summed E-state index contributed by atoms with van der Waals surface area (Å²) in [5.41, 5.74) is 1.79. The molecule has 12 heavy (non-hydrogen) atoms. The van der Waals surface area contributed by atoms with Gasteiger partial charge in [0.15, 0.2) is 5.75 Å². The molecule has 2 heterocycles. The van der Waals surface area contributed by atoms with E-state index in [1.807, 2.05) is 18.2 Å². The number of ether oxygens (including phenoxy) is 1. The number of nitrogens with zero attached hydrogens (tertiary/aromatic N) is 3. The van der Waals surface area contributed by atoms with Gasteiger partial charge in [0.2, 0.25) is 0 Å². The summed E-state index contributed by atoms with van der Waals surface area (Å²) in [7, 11) is 0. The molecule has 0 atom stereocenters. The standard InChI is InChI=1S/C8H5N3O/c1-2-6-8-7(3-1)12-5-4-11(8)10-9-6/h1-5H. The summed E-state index contributed by atoms with van der Waals surface area (Å²) in [4.78, 5) is 0. The molecule has 4 nitrogen and oxygen atoms in total. The SMILES string of the molecule is C1=Cn2nnc3cccc(c32)O1. The van der Waals surface area contributed by atoms with Crippen molar-refractivity contribution < 1.29 is 4.74 Å². The third-order valence-corrected chi connectivity index (χ3v) is 1.85. The van der Waals surface area contributed by atoms with Gasteiger partial charge in [0.05, 0.1) is 6.20 Å². The average molecular weight is 159 g/mol. The van der Waals surface area contributed by atoms with Crippen LogP contribution in [0.15, 0.2) is 24.5 Å². The van der Waals surface area contributed by atoms with Gasteiger partial charge in [0.1, 0.15) is 17.3 Å². The Labute approximate surface area is 68.1 Å². The third-order valence-electron chi connectivity index (χ3n) is 1.85. The molecule has 2 aromatic rings. The predicted molar refractivity (Wildman–Crippen MR) is 43.5 cm³/mol. The number of hydrogen-bond donors (Lipinski definition) is 0. The number of para-hydroxylation sites is 1. The number of hydrogen-bond acceptors (Lipinski definition) is 3. The van der Waals surface area contributed by atoms with Crippen LogP contribution in [0.1, 0.15) is 0 Å². The third kappa shape index (κ3) is 0.567. The van der Waals surface area contributed by atoms with Gasteiger partial charge in [-0.25, -0.2) is 4.68 Å².